The van der Waals surface area contributed by atoms with Crippen LogP contribution >= 0.6 is 34.5 Å². The summed E-state index contributed by atoms with van der Waals surface area (Å²) in [4.78, 5) is 17.0. The fourth-order valence-electron chi connectivity index (χ4n) is 3.17. The smallest absolute Gasteiger partial charge is 0.345 e. The Labute approximate surface area is 189 Å². The maximum atomic E-state index is 12.5. The van der Waals surface area contributed by atoms with Crippen molar-refractivity contribution in [1.82, 2.24) is 4.98 Å². The molecular formula is C22H10Cl2N2O4S. The van der Waals surface area contributed by atoms with Crippen LogP contribution in [0.15, 0.2) is 51.0 Å². The zero-order valence-corrected chi connectivity index (χ0v) is 17.8. The summed E-state index contributed by atoms with van der Waals surface area (Å²) in [6.07, 6.45) is 1.70. The Morgan fingerprint density at radius 2 is 2.00 bits per heavy atom. The van der Waals surface area contributed by atoms with Crippen molar-refractivity contribution in [3.63, 3.8) is 0 Å². The van der Waals surface area contributed by atoms with Gasteiger partial charge < -0.3 is 13.9 Å². The Morgan fingerprint density at radius 1 is 1.16 bits per heavy atom. The molecule has 31 heavy (non-hydrogen) atoms. The average Bonchev–Trinajstić information content (AvgIpc) is 3.41. The second kappa shape index (κ2) is 7.75. The van der Waals surface area contributed by atoms with Crippen LogP contribution < -0.4 is 15.1 Å². The lowest BCUT2D eigenvalue weighted by Crippen LogP contribution is -2.03. The van der Waals surface area contributed by atoms with Gasteiger partial charge in [-0.25, -0.2) is 9.78 Å². The molecule has 0 unspecified atom stereocenters. The molecule has 3 heterocycles. The van der Waals surface area contributed by atoms with E-state index >= 15 is 0 Å². The molecule has 9 heteroatoms. The highest BCUT2D eigenvalue weighted by Crippen LogP contribution is 2.34. The lowest BCUT2D eigenvalue weighted by atomic mass is 10.1. The van der Waals surface area contributed by atoms with Crippen LogP contribution in [-0.4, -0.2) is 11.8 Å². The molecule has 0 atom stereocenters. The molecule has 4 aromatic rings. The molecule has 2 aromatic carbocycles. The van der Waals surface area contributed by atoms with Gasteiger partial charge in [0.25, 0.3) is 0 Å². The molecule has 0 saturated carbocycles. The minimum atomic E-state index is -0.577. The summed E-state index contributed by atoms with van der Waals surface area (Å²) in [5.74, 6) is 1.28. The molecule has 0 N–H and O–H groups in total. The third-order valence-corrected chi connectivity index (χ3v) is 5.96. The average molecular weight is 469 g/mol. The van der Waals surface area contributed by atoms with E-state index in [-0.39, 0.29) is 23.0 Å². The summed E-state index contributed by atoms with van der Waals surface area (Å²) in [5.41, 5.74) is 1.47. The van der Waals surface area contributed by atoms with E-state index in [0.29, 0.717) is 38.2 Å². The van der Waals surface area contributed by atoms with Gasteiger partial charge in [-0.05, 0) is 42.0 Å². The fraction of sp³-hybridized carbons (Fsp3) is 0.0455. The van der Waals surface area contributed by atoms with Gasteiger partial charge in [0.15, 0.2) is 17.1 Å². The van der Waals surface area contributed by atoms with Crippen molar-refractivity contribution in [2.24, 2.45) is 0 Å². The number of nitrogens with zero attached hydrogens (tertiary/aromatic N) is 2. The Kier molecular flexibility index (Phi) is 4.91. The van der Waals surface area contributed by atoms with Crippen LogP contribution in [0.3, 0.4) is 0 Å². The highest BCUT2D eigenvalue weighted by molar-refractivity contribution is 7.11. The van der Waals surface area contributed by atoms with E-state index in [0.717, 1.165) is 5.56 Å². The summed E-state index contributed by atoms with van der Waals surface area (Å²) in [6.45, 7) is 0.175. The maximum absolute atomic E-state index is 12.5. The van der Waals surface area contributed by atoms with Gasteiger partial charge in [-0.2, -0.15) is 5.26 Å². The Morgan fingerprint density at radius 3 is 2.84 bits per heavy atom. The van der Waals surface area contributed by atoms with Crippen LogP contribution in [0.4, 0.5) is 0 Å². The third-order valence-electron chi connectivity index (χ3n) is 4.59. The van der Waals surface area contributed by atoms with Gasteiger partial charge in [0.05, 0.1) is 21.9 Å². The second-order valence-corrected chi connectivity index (χ2v) is 8.28. The SMILES string of the molecule is N#C/C(=C/c1ccc2c(c1)OCO2)c1nc(-c2cc3cc(Cl)cc(Cl)c3oc2=O)cs1. The van der Waals surface area contributed by atoms with Crippen LogP contribution in [0.25, 0.3) is 33.9 Å². The molecule has 5 rings (SSSR count). The number of allylic oxidation sites excluding steroid dienone is 1. The molecule has 1 aliphatic rings. The van der Waals surface area contributed by atoms with Crippen molar-refractivity contribution in [2.45, 2.75) is 0 Å². The first-order valence-corrected chi connectivity index (χ1v) is 10.6. The molecule has 0 radical (unpaired) electrons. The topological polar surface area (TPSA) is 85.3 Å². The van der Waals surface area contributed by atoms with Gasteiger partial charge in [-0.1, -0.05) is 29.3 Å². The third kappa shape index (κ3) is 3.66. The lowest BCUT2D eigenvalue weighted by molar-refractivity contribution is 0.174. The molecule has 1 aliphatic heterocycles. The number of rotatable bonds is 3. The Balaban J connectivity index is 1.54. The summed E-state index contributed by atoms with van der Waals surface area (Å²) >= 11 is 13.4. The van der Waals surface area contributed by atoms with Crippen LogP contribution in [0.2, 0.25) is 10.0 Å². The molecular weight excluding hydrogens is 459 g/mol. The van der Waals surface area contributed by atoms with Crippen LogP contribution in [0.5, 0.6) is 11.5 Å². The number of nitriles is 1. The molecule has 0 amide bonds. The number of thiazole rings is 1. The first-order valence-electron chi connectivity index (χ1n) is 8.92. The molecule has 6 nitrogen and oxygen atoms in total. The summed E-state index contributed by atoms with van der Waals surface area (Å²) in [6, 6.07) is 12.4. The number of hydrogen-bond acceptors (Lipinski definition) is 7. The second-order valence-electron chi connectivity index (χ2n) is 6.57. The van der Waals surface area contributed by atoms with Gasteiger partial charge in [-0.15, -0.1) is 11.3 Å². The number of hydrogen-bond donors (Lipinski definition) is 0. The molecule has 0 spiro atoms. The number of fused-ring (bicyclic) bond motifs is 2. The zero-order chi connectivity index (χ0) is 21.5. The number of halogens is 2. The Hall–Kier alpha value is -3.31. The van der Waals surface area contributed by atoms with Crippen molar-refractivity contribution >= 4 is 57.2 Å². The van der Waals surface area contributed by atoms with E-state index in [1.165, 1.54) is 17.4 Å². The van der Waals surface area contributed by atoms with Crippen LogP contribution in [-0.2, 0) is 0 Å². The molecule has 2 aromatic heterocycles. The van der Waals surface area contributed by atoms with E-state index in [1.807, 2.05) is 6.07 Å². The van der Waals surface area contributed by atoms with Gasteiger partial charge in [-0.3, -0.25) is 0 Å². The van der Waals surface area contributed by atoms with E-state index in [4.69, 9.17) is 37.1 Å². The normalized spacial score (nSPS) is 12.9. The summed E-state index contributed by atoms with van der Waals surface area (Å²) in [7, 11) is 0. The molecule has 0 fully saturated rings. The van der Waals surface area contributed by atoms with E-state index in [9.17, 15) is 10.1 Å². The van der Waals surface area contributed by atoms with Crippen molar-refractivity contribution in [1.29, 1.82) is 5.26 Å². The molecule has 0 bridgehead atoms. The zero-order valence-electron chi connectivity index (χ0n) is 15.5. The van der Waals surface area contributed by atoms with E-state index < -0.39 is 5.63 Å². The quantitative estimate of drug-likeness (QED) is 0.270. The predicted molar refractivity (Wildman–Crippen MR) is 120 cm³/mol. The number of ether oxygens (including phenoxy) is 2. The highest BCUT2D eigenvalue weighted by atomic mass is 35.5. The van der Waals surface area contributed by atoms with Crippen molar-refractivity contribution in [2.75, 3.05) is 6.79 Å². The Bertz CT molecular complexity index is 1480. The summed E-state index contributed by atoms with van der Waals surface area (Å²) in [5, 5.41) is 13.1. The number of benzene rings is 2. The monoisotopic (exact) mass is 468 g/mol. The number of aromatic nitrogens is 1. The first-order chi connectivity index (χ1) is 15.0. The molecule has 0 saturated heterocycles. The standard InChI is InChI=1S/C22H10Cl2N2O4S/c23-14-5-12-6-15(22(27)30-20(12)16(24)7-14)17-9-31-21(26-17)13(8-25)3-11-1-2-18-19(4-11)29-10-28-18/h1-7,9H,10H2/b13-3-. The minimum Gasteiger partial charge on any atom is -0.454 e. The van der Waals surface area contributed by atoms with Crippen molar-refractivity contribution in [3.05, 3.63) is 72.8 Å². The van der Waals surface area contributed by atoms with Crippen LogP contribution in [0.1, 0.15) is 10.6 Å². The van der Waals surface area contributed by atoms with E-state index in [1.54, 1.807) is 35.7 Å². The van der Waals surface area contributed by atoms with E-state index in [2.05, 4.69) is 11.1 Å². The van der Waals surface area contributed by atoms with Gasteiger partial charge in [0.1, 0.15) is 11.1 Å². The lowest BCUT2D eigenvalue weighted by Gasteiger charge is -2.02. The predicted octanol–water partition coefficient (Wildman–Crippen LogP) is 6.02. The van der Waals surface area contributed by atoms with Crippen molar-refractivity contribution in [3.8, 4) is 28.8 Å². The van der Waals surface area contributed by atoms with Gasteiger partial charge in [0.2, 0.25) is 6.79 Å². The van der Waals surface area contributed by atoms with Crippen LogP contribution in [0, 0.1) is 11.3 Å². The first kappa shape index (κ1) is 19.6. The maximum Gasteiger partial charge on any atom is 0.345 e. The van der Waals surface area contributed by atoms with Gasteiger partial charge >= 0.3 is 5.63 Å². The van der Waals surface area contributed by atoms with Gasteiger partial charge in [0, 0.05) is 15.8 Å². The van der Waals surface area contributed by atoms with Crippen molar-refractivity contribution < 1.29 is 13.9 Å². The minimum absolute atomic E-state index is 0.175. The summed E-state index contributed by atoms with van der Waals surface area (Å²) < 4.78 is 16.1. The largest absolute Gasteiger partial charge is 0.454 e. The molecule has 152 valence electrons. The highest BCUT2D eigenvalue weighted by Gasteiger charge is 2.16. The fourth-order valence-corrected chi connectivity index (χ4v) is 4.50. The molecule has 0 aliphatic carbocycles.